The Morgan fingerprint density at radius 3 is 2.61 bits per heavy atom. The number of carbonyl (C=O) groups is 2. The largest absolute Gasteiger partial charge is 0.444 e. The number of aromatic nitrogens is 2. The summed E-state index contributed by atoms with van der Waals surface area (Å²) in [5.74, 6) is -0.691. The molecule has 0 spiro atoms. The third kappa shape index (κ3) is 5.12. The molecule has 0 saturated heterocycles. The third-order valence-electron chi connectivity index (χ3n) is 6.18. The number of hydrogen-bond donors (Lipinski definition) is 0. The summed E-state index contributed by atoms with van der Waals surface area (Å²) < 4.78 is 21.8. The van der Waals surface area contributed by atoms with E-state index >= 15 is 0 Å². The van der Waals surface area contributed by atoms with Crippen LogP contribution in [-0.2, 0) is 4.74 Å². The minimum Gasteiger partial charge on any atom is -0.444 e. The van der Waals surface area contributed by atoms with E-state index in [1.54, 1.807) is 28.4 Å². The zero-order chi connectivity index (χ0) is 26.2. The predicted octanol–water partition coefficient (Wildman–Crippen LogP) is 5.65. The molecule has 3 aromatic rings. The van der Waals surface area contributed by atoms with E-state index in [-0.39, 0.29) is 18.0 Å². The maximum Gasteiger partial charge on any atom is 0.410 e. The highest BCUT2D eigenvalue weighted by atomic mass is 19.1. The Labute approximate surface area is 211 Å². The first kappa shape index (κ1) is 25.4. The number of hydrogen-bond acceptors (Lipinski definition) is 4. The van der Waals surface area contributed by atoms with Gasteiger partial charge in [0, 0.05) is 31.2 Å². The Hall–Kier alpha value is -3.68. The van der Waals surface area contributed by atoms with E-state index in [0.717, 1.165) is 22.3 Å². The molecular weight excluding hydrogens is 459 g/mol. The minimum absolute atomic E-state index is 0.0271. The summed E-state index contributed by atoms with van der Waals surface area (Å²) in [6, 6.07) is 8.25. The molecule has 36 heavy (non-hydrogen) atoms. The maximum atomic E-state index is 14.4. The molecule has 1 aliphatic rings. The second kappa shape index (κ2) is 9.76. The van der Waals surface area contributed by atoms with Crippen LogP contribution in [0.2, 0.25) is 0 Å². The minimum atomic E-state index is -0.572. The summed E-state index contributed by atoms with van der Waals surface area (Å²) in [5.41, 5.74) is 3.78. The molecule has 2 amide bonds. The second-order valence-corrected chi connectivity index (χ2v) is 10.3. The van der Waals surface area contributed by atoms with E-state index in [9.17, 15) is 14.0 Å². The average molecular weight is 493 g/mol. The Bertz CT molecular complexity index is 1340. The molecule has 0 radical (unpaired) electrons. The van der Waals surface area contributed by atoms with Gasteiger partial charge in [0.2, 0.25) is 0 Å². The third-order valence-corrected chi connectivity index (χ3v) is 6.18. The molecular formula is C28H33FN4O3. The van der Waals surface area contributed by atoms with E-state index in [4.69, 9.17) is 4.74 Å². The lowest BCUT2D eigenvalue weighted by Gasteiger charge is -2.26. The number of benzene rings is 1. The zero-order valence-electron chi connectivity index (χ0n) is 21.7. The van der Waals surface area contributed by atoms with Crippen LogP contribution in [0.15, 0.2) is 48.9 Å². The van der Waals surface area contributed by atoms with Gasteiger partial charge in [0.05, 0.1) is 29.3 Å². The van der Waals surface area contributed by atoms with Crippen molar-refractivity contribution in [1.29, 1.82) is 0 Å². The maximum absolute atomic E-state index is 14.4. The van der Waals surface area contributed by atoms with Crippen LogP contribution in [-0.4, -0.2) is 62.5 Å². The first-order chi connectivity index (χ1) is 17.0. The van der Waals surface area contributed by atoms with Gasteiger partial charge in [-0.2, -0.15) is 0 Å². The van der Waals surface area contributed by atoms with Crippen LogP contribution in [0, 0.1) is 5.82 Å². The molecule has 0 fully saturated rings. The van der Waals surface area contributed by atoms with Gasteiger partial charge in [0.15, 0.2) is 0 Å². The van der Waals surface area contributed by atoms with Crippen LogP contribution in [0.1, 0.15) is 57.5 Å². The summed E-state index contributed by atoms with van der Waals surface area (Å²) >= 11 is 0. The van der Waals surface area contributed by atoms with E-state index < -0.39 is 11.4 Å². The van der Waals surface area contributed by atoms with Crippen molar-refractivity contribution in [3.05, 3.63) is 65.9 Å². The molecule has 190 valence electrons. The quantitative estimate of drug-likeness (QED) is 0.462. The highest BCUT2D eigenvalue weighted by molar-refractivity contribution is 6.01. The van der Waals surface area contributed by atoms with Crippen LogP contribution in [0.3, 0.4) is 0 Å². The van der Waals surface area contributed by atoms with Gasteiger partial charge in [-0.15, -0.1) is 0 Å². The summed E-state index contributed by atoms with van der Waals surface area (Å²) in [6.07, 6.45) is 5.07. The van der Waals surface area contributed by atoms with Gasteiger partial charge in [0.1, 0.15) is 11.4 Å². The summed E-state index contributed by atoms with van der Waals surface area (Å²) in [6.45, 7) is 12.7. The molecule has 1 aromatic carbocycles. The molecule has 0 N–H and O–H groups in total. The van der Waals surface area contributed by atoms with Crippen LogP contribution in [0.25, 0.3) is 22.3 Å². The number of fused-ring (bicyclic) bond motifs is 1. The lowest BCUT2D eigenvalue weighted by Crippen LogP contribution is -2.37. The smallest absolute Gasteiger partial charge is 0.410 e. The van der Waals surface area contributed by atoms with Crippen LogP contribution < -0.4 is 0 Å². The van der Waals surface area contributed by atoms with Gasteiger partial charge in [-0.1, -0.05) is 6.08 Å². The number of rotatable bonds is 5. The van der Waals surface area contributed by atoms with Crippen molar-refractivity contribution >= 4 is 23.1 Å². The van der Waals surface area contributed by atoms with Gasteiger partial charge in [-0.05, 0) is 83.0 Å². The molecule has 2 aromatic heterocycles. The fraction of sp³-hybridized carbons (Fsp3) is 0.393. The summed E-state index contributed by atoms with van der Waals surface area (Å²) in [7, 11) is 0. The van der Waals surface area contributed by atoms with E-state index in [2.05, 4.69) is 4.98 Å². The molecule has 1 aliphatic heterocycles. The van der Waals surface area contributed by atoms with Gasteiger partial charge in [-0.3, -0.25) is 9.20 Å². The van der Waals surface area contributed by atoms with Crippen molar-refractivity contribution in [2.45, 2.75) is 53.2 Å². The Kier molecular flexibility index (Phi) is 6.89. The van der Waals surface area contributed by atoms with Crippen LogP contribution in [0.5, 0.6) is 0 Å². The van der Waals surface area contributed by atoms with Gasteiger partial charge < -0.3 is 14.5 Å². The highest BCUT2D eigenvalue weighted by Gasteiger charge is 2.27. The molecule has 8 heteroatoms. The summed E-state index contributed by atoms with van der Waals surface area (Å²) in [4.78, 5) is 33.7. The number of carbonyl (C=O) groups excluding carboxylic acids is 2. The number of nitrogens with zero attached hydrogens (tertiary/aromatic N) is 4. The van der Waals surface area contributed by atoms with Crippen LogP contribution in [0.4, 0.5) is 9.18 Å². The number of amides is 2. The zero-order valence-corrected chi connectivity index (χ0v) is 21.7. The highest BCUT2D eigenvalue weighted by Crippen LogP contribution is 2.32. The Morgan fingerprint density at radius 2 is 1.94 bits per heavy atom. The number of pyridine rings is 1. The van der Waals surface area contributed by atoms with Crippen molar-refractivity contribution < 1.29 is 18.7 Å². The van der Waals surface area contributed by atoms with Crippen molar-refractivity contribution in [2.75, 3.05) is 19.6 Å². The Morgan fingerprint density at radius 1 is 1.19 bits per heavy atom. The number of ether oxygens (including phenoxy) is 1. The SMILES string of the molecule is CCN(C(=O)c1cc(F)ccc1-c1cc(C2=CCN(C(=O)OC(C)(C)C)C2)cc2cncn12)C(C)C. The first-order valence-corrected chi connectivity index (χ1v) is 12.2. The molecule has 0 unspecified atom stereocenters. The molecule has 3 heterocycles. The lowest BCUT2D eigenvalue weighted by molar-refractivity contribution is 0.0306. The van der Waals surface area contributed by atoms with Gasteiger partial charge in [-0.25, -0.2) is 14.2 Å². The fourth-order valence-corrected chi connectivity index (χ4v) is 4.47. The molecule has 0 bridgehead atoms. The topological polar surface area (TPSA) is 67.2 Å². The fourth-order valence-electron chi connectivity index (χ4n) is 4.47. The van der Waals surface area contributed by atoms with Crippen LogP contribution >= 0.6 is 0 Å². The summed E-state index contributed by atoms with van der Waals surface area (Å²) in [5, 5.41) is 0. The standard InChI is InChI=1S/C28H33FN4O3/c1-7-32(18(2)3)26(34)24-14-21(29)8-9-23(24)25-13-20(12-22-15-30-17-33(22)25)19-10-11-31(16-19)27(35)36-28(4,5)6/h8-10,12-15,17-18H,7,11,16H2,1-6H3. The molecule has 4 rings (SSSR count). The van der Waals surface area contributed by atoms with E-state index in [0.29, 0.717) is 30.8 Å². The second-order valence-electron chi connectivity index (χ2n) is 10.3. The number of halogens is 1. The van der Waals surface area contributed by atoms with Crippen molar-refractivity contribution in [1.82, 2.24) is 19.2 Å². The molecule has 0 saturated carbocycles. The van der Waals surface area contributed by atoms with Crippen molar-refractivity contribution in [2.24, 2.45) is 0 Å². The average Bonchev–Trinajstić information content (AvgIpc) is 3.47. The molecule has 0 aliphatic carbocycles. The van der Waals surface area contributed by atoms with Gasteiger partial charge in [0.25, 0.3) is 5.91 Å². The predicted molar refractivity (Wildman–Crippen MR) is 138 cm³/mol. The first-order valence-electron chi connectivity index (χ1n) is 12.2. The molecule has 7 nitrogen and oxygen atoms in total. The van der Waals surface area contributed by atoms with E-state index in [1.165, 1.54) is 12.1 Å². The normalized spacial score (nSPS) is 13.9. The lowest BCUT2D eigenvalue weighted by atomic mass is 9.98. The monoisotopic (exact) mass is 492 g/mol. The molecule has 0 atom stereocenters. The Balaban J connectivity index is 1.76. The van der Waals surface area contributed by atoms with Crippen molar-refractivity contribution in [3.8, 4) is 11.3 Å². The van der Waals surface area contributed by atoms with E-state index in [1.807, 2.05) is 64.2 Å². The van der Waals surface area contributed by atoms with Gasteiger partial charge >= 0.3 is 6.09 Å². The van der Waals surface area contributed by atoms with Crippen molar-refractivity contribution in [3.63, 3.8) is 0 Å². The number of imidazole rings is 1.